The maximum absolute atomic E-state index is 13.9. The normalized spacial score (nSPS) is 11.4. The minimum Gasteiger partial charge on any atom is -0.455 e. The fourth-order valence-corrected chi connectivity index (χ4v) is 4.30. The second-order valence-corrected chi connectivity index (χ2v) is 8.75. The lowest BCUT2D eigenvalue weighted by Gasteiger charge is -2.06. The molecule has 1 heterocycles. The van der Waals surface area contributed by atoms with E-state index in [9.17, 15) is 17.6 Å². The van der Waals surface area contributed by atoms with Gasteiger partial charge < -0.3 is 9.73 Å². The molecule has 1 amide bonds. The number of aryl methyl sites for hydroxylation is 1. The monoisotopic (exact) mass is 421 g/mol. The minimum absolute atomic E-state index is 0.0948. The van der Waals surface area contributed by atoms with E-state index in [1.807, 2.05) is 19.1 Å². The lowest BCUT2D eigenvalue weighted by molar-refractivity contribution is 0.0994. The molecule has 3 rings (SSSR count). The van der Waals surface area contributed by atoms with Crippen molar-refractivity contribution < 1.29 is 22.0 Å². The first-order valence-electron chi connectivity index (χ1n) is 8.34. The first-order valence-corrected chi connectivity index (χ1v) is 10.5. The number of hydrogen-bond donors (Lipinski definition) is 1. The second kappa shape index (κ2) is 8.16. The van der Waals surface area contributed by atoms with Crippen molar-refractivity contribution in [3.63, 3.8) is 0 Å². The van der Waals surface area contributed by atoms with Crippen LogP contribution >= 0.6 is 11.6 Å². The van der Waals surface area contributed by atoms with E-state index < -0.39 is 21.6 Å². The van der Waals surface area contributed by atoms with E-state index >= 15 is 0 Å². The lowest BCUT2D eigenvalue weighted by atomic mass is 10.1. The number of amides is 1. The van der Waals surface area contributed by atoms with Gasteiger partial charge in [-0.2, -0.15) is 0 Å². The fourth-order valence-electron chi connectivity index (χ4n) is 2.64. The highest BCUT2D eigenvalue weighted by atomic mass is 35.5. The van der Waals surface area contributed by atoms with Crippen LogP contribution in [-0.4, -0.2) is 14.3 Å². The van der Waals surface area contributed by atoms with Crippen molar-refractivity contribution in [1.82, 2.24) is 0 Å². The Bertz CT molecular complexity index is 1120. The molecule has 0 bridgehead atoms. The van der Waals surface area contributed by atoms with Gasteiger partial charge in [-0.25, -0.2) is 12.8 Å². The van der Waals surface area contributed by atoms with Crippen LogP contribution in [0.4, 0.5) is 10.1 Å². The van der Waals surface area contributed by atoms with Gasteiger partial charge in [0.2, 0.25) is 0 Å². The molecule has 0 fully saturated rings. The van der Waals surface area contributed by atoms with Crippen molar-refractivity contribution in [3.8, 4) is 0 Å². The summed E-state index contributed by atoms with van der Waals surface area (Å²) in [5, 5.41) is 2.22. The molecule has 0 saturated heterocycles. The van der Waals surface area contributed by atoms with Gasteiger partial charge in [-0.15, -0.1) is 0 Å². The maximum Gasteiger partial charge on any atom is 0.291 e. The maximum atomic E-state index is 13.9. The van der Waals surface area contributed by atoms with Crippen LogP contribution in [0, 0.1) is 12.7 Å². The van der Waals surface area contributed by atoms with Crippen LogP contribution in [0.3, 0.4) is 0 Å². The van der Waals surface area contributed by atoms with E-state index in [0.29, 0.717) is 5.56 Å². The van der Waals surface area contributed by atoms with Gasteiger partial charge in [0.05, 0.1) is 16.5 Å². The van der Waals surface area contributed by atoms with E-state index in [2.05, 4.69) is 5.32 Å². The van der Waals surface area contributed by atoms with Gasteiger partial charge >= 0.3 is 0 Å². The average Bonchev–Trinajstić information content (AvgIpc) is 3.08. The van der Waals surface area contributed by atoms with Crippen molar-refractivity contribution in [2.45, 2.75) is 18.4 Å². The van der Waals surface area contributed by atoms with E-state index in [4.69, 9.17) is 16.0 Å². The van der Waals surface area contributed by atoms with Gasteiger partial charge in [-0.3, -0.25) is 4.79 Å². The van der Waals surface area contributed by atoms with Gasteiger partial charge in [-0.05, 0) is 42.3 Å². The molecular formula is C20H17ClFNO4S. The smallest absolute Gasteiger partial charge is 0.291 e. The van der Waals surface area contributed by atoms with Crippen molar-refractivity contribution in [1.29, 1.82) is 0 Å². The lowest BCUT2D eigenvalue weighted by Crippen LogP contribution is -2.12. The Morgan fingerprint density at radius 1 is 1.07 bits per heavy atom. The van der Waals surface area contributed by atoms with Crippen molar-refractivity contribution in [2.24, 2.45) is 0 Å². The third-order valence-corrected chi connectivity index (χ3v) is 5.85. The topological polar surface area (TPSA) is 76.4 Å². The summed E-state index contributed by atoms with van der Waals surface area (Å²) in [7, 11) is -3.50. The first kappa shape index (κ1) is 20.1. The third-order valence-electron chi connectivity index (χ3n) is 4.08. The van der Waals surface area contributed by atoms with Crippen LogP contribution < -0.4 is 5.32 Å². The van der Waals surface area contributed by atoms with Gasteiger partial charge in [-0.1, -0.05) is 41.9 Å². The number of hydrogen-bond acceptors (Lipinski definition) is 4. The highest BCUT2D eigenvalue weighted by Gasteiger charge is 2.19. The molecule has 3 aromatic rings. The summed E-state index contributed by atoms with van der Waals surface area (Å²) in [4.78, 5) is 12.2. The zero-order valence-corrected chi connectivity index (χ0v) is 16.5. The van der Waals surface area contributed by atoms with E-state index in [0.717, 1.165) is 5.56 Å². The van der Waals surface area contributed by atoms with Gasteiger partial charge in [0.1, 0.15) is 11.5 Å². The quantitative estimate of drug-likeness (QED) is 0.623. The number of sulfone groups is 1. The summed E-state index contributed by atoms with van der Waals surface area (Å²) < 4.78 is 44.1. The Balaban J connectivity index is 1.70. The summed E-state index contributed by atoms with van der Waals surface area (Å²) in [6.45, 7) is 1.84. The van der Waals surface area contributed by atoms with Crippen molar-refractivity contribution in [3.05, 3.63) is 88.1 Å². The zero-order valence-electron chi connectivity index (χ0n) is 14.9. The fraction of sp³-hybridized carbons (Fsp3) is 0.150. The van der Waals surface area contributed by atoms with E-state index in [1.165, 1.54) is 30.3 Å². The zero-order chi connectivity index (χ0) is 20.3. The Hall–Kier alpha value is -2.64. The largest absolute Gasteiger partial charge is 0.455 e. The van der Waals surface area contributed by atoms with Gasteiger partial charge in [0, 0.05) is 0 Å². The van der Waals surface area contributed by atoms with Gasteiger partial charge in [0.15, 0.2) is 21.4 Å². The summed E-state index contributed by atoms with van der Waals surface area (Å²) in [5.41, 5.74) is 1.50. The number of nitrogens with one attached hydrogen (secondary N) is 1. The average molecular weight is 422 g/mol. The second-order valence-electron chi connectivity index (χ2n) is 6.28. The molecule has 0 radical (unpaired) electrons. The van der Waals surface area contributed by atoms with Crippen LogP contribution in [0.15, 0.2) is 59.0 Å². The summed E-state index contributed by atoms with van der Waals surface area (Å²) in [6, 6.07) is 14.2. The molecule has 8 heteroatoms. The molecule has 28 heavy (non-hydrogen) atoms. The SMILES string of the molecule is Cc1ccccc1CS(=O)(=O)Cc1ccc(C(=O)Nc2cccc(Cl)c2F)o1. The number of rotatable bonds is 6. The molecule has 0 spiro atoms. The number of halogens is 2. The number of carbonyl (C=O) groups is 1. The summed E-state index contributed by atoms with van der Waals surface area (Å²) in [6.07, 6.45) is 0. The number of furan rings is 1. The molecule has 5 nitrogen and oxygen atoms in total. The predicted molar refractivity (Wildman–Crippen MR) is 106 cm³/mol. The minimum atomic E-state index is -3.50. The van der Waals surface area contributed by atoms with Crippen LogP contribution in [0.25, 0.3) is 0 Å². The number of benzene rings is 2. The molecule has 0 aliphatic rings. The predicted octanol–water partition coefficient (Wildman–Crippen LogP) is 4.75. The molecule has 0 atom stereocenters. The number of carbonyl (C=O) groups excluding carboxylic acids is 1. The van der Waals surface area contributed by atoms with Crippen LogP contribution in [-0.2, 0) is 21.3 Å². The Kier molecular flexibility index (Phi) is 5.86. The standard InChI is InChI=1S/C20H17ClFNO4S/c1-13-5-2-3-6-14(13)11-28(25,26)12-15-9-10-18(27-15)20(24)23-17-8-4-7-16(21)19(17)22/h2-10H,11-12H2,1H3,(H,23,24). The summed E-state index contributed by atoms with van der Waals surface area (Å²) in [5.74, 6) is -1.94. The molecule has 2 aromatic carbocycles. The van der Waals surface area contributed by atoms with Crippen LogP contribution in [0.2, 0.25) is 5.02 Å². The van der Waals surface area contributed by atoms with Crippen molar-refractivity contribution in [2.75, 3.05) is 5.32 Å². The Labute approximate surface area is 167 Å². The van der Waals surface area contributed by atoms with Gasteiger partial charge in [0.25, 0.3) is 5.91 Å². The van der Waals surface area contributed by atoms with Crippen LogP contribution in [0.1, 0.15) is 27.4 Å². The molecule has 1 N–H and O–H groups in total. The molecule has 0 aliphatic carbocycles. The number of anilines is 1. The van der Waals surface area contributed by atoms with E-state index in [1.54, 1.807) is 12.1 Å². The summed E-state index contributed by atoms with van der Waals surface area (Å²) >= 11 is 5.68. The molecule has 0 aliphatic heterocycles. The Morgan fingerprint density at radius 3 is 2.57 bits per heavy atom. The molecule has 146 valence electrons. The first-order chi connectivity index (χ1) is 13.2. The molecular weight excluding hydrogens is 405 g/mol. The highest BCUT2D eigenvalue weighted by Crippen LogP contribution is 2.23. The Morgan fingerprint density at radius 2 is 1.82 bits per heavy atom. The molecule has 1 aromatic heterocycles. The highest BCUT2D eigenvalue weighted by molar-refractivity contribution is 7.89. The van der Waals surface area contributed by atoms with E-state index in [-0.39, 0.29) is 33.7 Å². The molecule has 0 saturated carbocycles. The van der Waals surface area contributed by atoms with Crippen molar-refractivity contribution >= 4 is 33.0 Å². The van der Waals surface area contributed by atoms with Crippen LogP contribution in [0.5, 0.6) is 0 Å². The molecule has 0 unspecified atom stereocenters. The third kappa shape index (κ3) is 4.79.